The highest BCUT2D eigenvalue weighted by Gasteiger charge is 2.53. The van der Waals surface area contributed by atoms with Crippen LogP contribution in [-0.4, -0.2) is 19.0 Å². The molecule has 0 spiro atoms. The highest BCUT2D eigenvalue weighted by Crippen LogP contribution is 2.49. The number of fused-ring (bicyclic) bond motifs is 2. The monoisotopic (exact) mass is 306 g/mol. The van der Waals surface area contributed by atoms with Crippen molar-refractivity contribution in [3.05, 3.63) is 24.0 Å². The largest absolute Gasteiger partial charge is 0.469 e. The van der Waals surface area contributed by atoms with Gasteiger partial charge in [0.15, 0.2) is 0 Å². The Morgan fingerprint density at radius 1 is 1.23 bits per heavy atom. The van der Waals surface area contributed by atoms with E-state index in [9.17, 15) is 9.59 Å². The highest BCUT2D eigenvalue weighted by atomic mass is 16.5. The van der Waals surface area contributed by atoms with Crippen LogP contribution in [-0.2, 0) is 19.1 Å². The Morgan fingerprint density at radius 3 is 2.36 bits per heavy atom. The van der Waals surface area contributed by atoms with E-state index in [-0.39, 0.29) is 23.8 Å². The van der Waals surface area contributed by atoms with Gasteiger partial charge < -0.3 is 9.47 Å². The number of carbonyl (C=O) groups excluding carboxylic acids is 2. The van der Waals surface area contributed by atoms with Gasteiger partial charge in [-0.1, -0.05) is 32.4 Å². The Hall–Kier alpha value is -1.58. The molecule has 0 radical (unpaired) electrons. The van der Waals surface area contributed by atoms with Gasteiger partial charge in [0.2, 0.25) is 0 Å². The minimum Gasteiger partial charge on any atom is -0.469 e. The summed E-state index contributed by atoms with van der Waals surface area (Å²) < 4.78 is 10.4. The first kappa shape index (κ1) is 16.8. The van der Waals surface area contributed by atoms with Crippen molar-refractivity contribution in [3.8, 4) is 0 Å². The Balaban J connectivity index is 2.02. The summed E-state index contributed by atoms with van der Waals surface area (Å²) in [5.74, 6) is 0.000355. The zero-order chi connectivity index (χ0) is 16.3. The molecule has 2 bridgehead atoms. The lowest BCUT2D eigenvalue weighted by atomic mass is 9.83. The molecule has 1 saturated carbocycles. The van der Waals surface area contributed by atoms with Crippen molar-refractivity contribution in [2.75, 3.05) is 7.11 Å². The highest BCUT2D eigenvalue weighted by molar-refractivity contribution is 5.84. The fraction of sp³-hybridized carbons (Fsp3) is 0.667. The maximum atomic E-state index is 12.5. The van der Waals surface area contributed by atoms with Crippen LogP contribution in [0, 0.1) is 29.6 Å². The Bertz CT molecular complexity index is 491. The molecule has 5 atom stereocenters. The van der Waals surface area contributed by atoms with Gasteiger partial charge in [0.05, 0.1) is 18.9 Å². The molecule has 0 aromatic rings. The lowest BCUT2D eigenvalue weighted by Crippen LogP contribution is -2.34. The number of carbonyl (C=O) groups is 2. The van der Waals surface area contributed by atoms with Crippen LogP contribution in [0.2, 0.25) is 0 Å². The molecule has 2 aliphatic carbocycles. The van der Waals surface area contributed by atoms with Gasteiger partial charge in [-0.05, 0) is 43.6 Å². The van der Waals surface area contributed by atoms with E-state index in [1.165, 1.54) is 7.11 Å². The van der Waals surface area contributed by atoms with E-state index < -0.39 is 11.8 Å². The van der Waals surface area contributed by atoms with Gasteiger partial charge in [-0.3, -0.25) is 9.59 Å². The number of hydrogen-bond donors (Lipinski definition) is 0. The van der Waals surface area contributed by atoms with Crippen molar-refractivity contribution in [1.82, 2.24) is 0 Å². The average Bonchev–Trinajstić information content (AvgIpc) is 3.12. The van der Waals surface area contributed by atoms with Gasteiger partial charge in [-0.25, -0.2) is 0 Å². The van der Waals surface area contributed by atoms with E-state index in [1.807, 2.05) is 18.2 Å². The van der Waals surface area contributed by atoms with Gasteiger partial charge in [0.25, 0.3) is 0 Å². The second-order valence-electron chi connectivity index (χ2n) is 6.51. The predicted octanol–water partition coefficient (Wildman–Crippen LogP) is 3.48. The molecule has 5 unspecified atom stereocenters. The van der Waals surface area contributed by atoms with Crippen molar-refractivity contribution in [2.24, 2.45) is 29.6 Å². The molecule has 0 saturated heterocycles. The third-order valence-corrected chi connectivity index (χ3v) is 4.97. The first-order valence-electron chi connectivity index (χ1n) is 8.12. The molecule has 4 nitrogen and oxygen atoms in total. The molecule has 0 N–H and O–H groups in total. The van der Waals surface area contributed by atoms with Crippen LogP contribution in [0.15, 0.2) is 24.0 Å². The van der Waals surface area contributed by atoms with E-state index in [2.05, 4.69) is 13.8 Å². The van der Waals surface area contributed by atoms with Gasteiger partial charge >= 0.3 is 11.9 Å². The van der Waals surface area contributed by atoms with E-state index in [0.717, 1.165) is 19.3 Å². The van der Waals surface area contributed by atoms with Crippen LogP contribution in [0.3, 0.4) is 0 Å². The number of allylic oxidation sites excluding steroid dienone is 4. The lowest BCUT2D eigenvalue weighted by molar-refractivity contribution is -0.157. The van der Waals surface area contributed by atoms with Crippen molar-refractivity contribution >= 4 is 11.9 Å². The van der Waals surface area contributed by atoms with E-state index in [4.69, 9.17) is 9.47 Å². The summed E-state index contributed by atoms with van der Waals surface area (Å²) in [6.07, 6.45) is 8.86. The Labute approximate surface area is 132 Å². The Morgan fingerprint density at radius 2 is 1.82 bits per heavy atom. The molecule has 1 fully saturated rings. The fourth-order valence-corrected chi connectivity index (χ4v) is 3.40. The van der Waals surface area contributed by atoms with Crippen LogP contribution in [0.5, 0.6) is 0 Å². The molecule has 0 aromatic heterocycles. The first-order chi connectivity index (χ1) is 10.5. The maximum Gasteiger partial charge on any atom is 0.315 e. The Kier molecular flexibility index (Phi) is 5.43. The number of methoxy groups -OCH3 is 1. The zero-order valence-electron chi connectivity index (χ0n) is 13.9. The molecule has 22 heavy (non-hydrogen) atoms. The third-order valence-electron chi connectivity index (χ3n) is 4.97. The maximum absolute atomic E-state index is 12.5. The van der Waals surface area contributed by atoms with Gasteiger partial charge in [-0.2, -0.15) is 0 Å². The topological polar surface area (TPSA) is 52.6 Å². The van der Waals surface area contributed by atoms with Crippen LogP contribution < -0.4 is 0 Å². The minimum atomic E-state index is -0.408. The number of hydrogen-bond acceptors (Lipinski definition) is 4. The lowest BCUT2D eigenvalue weighted by Gasteiger charge is -2.24. The van der Waals surface area contributed by atoms with Crippen molar-refractivity contribution < 1.29 is 19.1 Å². The van der Waals surface area contributed by atoms with E-state index in [0.29, 0.717) is 11.7 Å². The number of ether oxygens (including phenoxy) is 2. The molecular formula is C18H26O4. The minimum absolute atomic E-state index is 0.101. The van der Waals surface area contributed by atoms with Crippen LogP contribution in [0.4, 0.5) is 0 Å². The molecule has 0 aromatic carbocycles. The van der Waals surface area contributed by atoms with E-state index >= 15 is 0 Å². The average molecular weight is 306 g/mol. The summed E-state index contributed by atoms with van der Waals surface area (Å²) in [7, 11) is 1.37. The van der Waals surface area contributed by atoms with E-state index in [1.54, 1.807) is 6.92 Å². The molecule has 122 valence electrons. The number of esters is 2. The van der Waals surface area contributed by atoms with Crippen molar-refractivity contribution in [1.29, 1.82) is 0 Å². The normalized spacial score (nSPS) is 31.2. The quantitative estimate of drug-likeness (QED) is 0.428. The van der Waals surface area contributed by atoms with Crippen molar-refractivity contribution in [2.45, 2.75) is 40.0 Å². The predicted molar refractivity (Wildman–Crippen MR) is 83.7 cm³/mol. The summed E-state index contributed by atoms with van der Waals surface area (Å²) in [5, 5.41) is 0. The van der Waals surface area contributed by atoms with Crippen molar-refractivity contribution in [3.63, 3.8) is 0 Å². The van der Waals surface area contributed by atoms with Gasteiger partial charge in [0, 0.05) is 0 Å². The summed E-state index contributed by atoms with van der Waals surface area (Å²) in [5.41, 5.74) is 0. The summed E-state index contributed by atoms with van der Waals surface area (Å²) in [4.78, 5) is 24.5. The third kappa shape index (κ3) is 3.42. The molecule has 2 aliphatic rings. The SMILES string of the molecule is CCC(C)C/C=C(\C)OC(=O)C1C2C=CC(C2)C1C(=O)OC. The first-order valence-corrected chi connectivity index (χ1v) is 8.12. The molecular weight excluding hydrogens is 280 g/mol. The summed E-state index contributed by atoms with van der Waals surface area (Å²) >= 11 is 0. The second kappa shape index (κ2) is 7.12. The zero-order valence-corrected chi connectivity index (χ0v) is 13.9. The molecule has 0 amide bonds. The summed E-state index contributed by atoms with van der Waals surface area (Å²) in [6.45, 7) is 6.11. The molecule has 4 heteroatoms. The number of rotatable bonds is 6. The smallest absolute Gasteiger partial charge is 0.315 e. The fourth-order valence-electron chi connectivity index (χ4n) is 3.40. The van der Waals surface area contributed by atoms with Crippen LogP contribution in [0.1, 0.15) is 40.0 Å². The molecule has 0 aliphatic heterocycles. The van der Waals surface area contributed by atoms with Crippen LogP contribution >= 0.6 is 0 Å². The molecule has 2 rings (SSSR count). The van der Waals surface area contributed by atoms with Crippen LogP contribution in [0.25, 0.3) is 0 Å². The van der Waals surface area contributed by atoms with Gasteiger partial charge in [0.1, 0.15) is 5.76 Å². The second-order valence-corrected chi connectivity index (χ2v) is 6.51. The molecule has 0 heterocycles. The summed E-state index contributed by atoms with van der Waals surface area (Å²) in [6, 6.07) is 0. The standard InChI is InChI=1S/C18H26O4/c1-5-11(2)6-7-12(3)22-18(20)16-14-9-8-13(10-14)15(16)17(19)21-4/h7-9,11,13-16H,5-6,10H2,1-4H3/b12-7+. The van der Waals surface area contributed by atoms with Gasteiger partial charge in [-0.15, -0.1) is 0 Å².